The van der Waals surface area contributed by atoms with Crippen molar-refractivity contribution < 1.29 is 32.2 Å². The number of carbonyl (C=O) groups is 2. The topological polar surface area (TPSA) is 108 Å². The van der Waals surface area contributed by atoms with Gasteiger partial charge in [-0.1, -0.05) is 45.0 Å². The number of ether oxygens (including phenoxy) is 3. The number of sulfone groups is 1. The summed E-state index contributed by atoms with van der Waals surface area (Å²) in [5.74, 6) is -0.408. The van der Waals surface area contributed by atoms with E-state index in [1.807, 2.05) is 51.1 Å². The van der Waals surface area contributed by atoms with Gasteiger partial charge in [0, 0.05) is 25.6 Å². The first-order chi connectivity index (χ1) is 18.4. The molecule has 0 heterocycles. The molecule has 0 atom stereocenters. The number of nitrogens with one attached hydrogen (secondary N) is 1. The molecule has 39 heavy (non-hydrogen) atoms. The summed E-state index contributed by atoms with van der Waals surface area (Å²) in [7, 11) is -1.01. The van der Waals surface area contributed by atoms with Crippen molar-refractivity contribution in [3.8, 4) is 28.4 Å². The first kappa shape index (κ1) is 29.9. The SMILES string of the molecule is COCCNC(=O)c1ccc(Oc2cccc(-c3ccc(OC)cc3)c2)c(S(=O)(=O)CC(=O)CC(C)(C)C)c1. The maximum Gasteiger partial charge on any atom is 0.251 e. The van der Waals surface area contributed by atoms with Gasteiger partial charge in [0.05, 0.1) is 13.7 Å². The van der Waals surface area contributed by atoms with E-state index < -0.39 is 27.3 Å². The second-order valence-corrected chi connectivity index (χ2v) is 12.3. The molecule has 0 radical (unpaired) electrons. The summed E-state index contributed by atoms with van der Waals surface area (Å²) in [6.07, 6.45) is 0.101. The van der Waals surface area contributed by atoms with Crippen molar-refractivity contribution in [2.75, 3.05) is 33.1 Å². The van der Waals surface area contributed by atoms with Crippen molar-refractivity contribution in [2.45, 2.75) is 32.1 Å². The fourth-order valence-corrected chi connectivity index (χ4v) is 5.33. The minimum Gasteiger partial charge on any atom is -0.497 e. The van der Waals surface area contributed by atoms with Crippen molar-refractivity contribution in [1.82, 2.24) is 5.32 Å². The maximum absolute atomic E-state index is 13.5. The number of methoxy groups -OCH3 is 2. The van der Waals surface area contributed by atoms with Crippen molar-refractivity contribution in [2.24, 2.45) is 5.41 Å². The molecular formula is C30H35NO7S. The third-order valence-electron chi connectivity index (χ3n) is 5.70. The van der Waals surface area contributed by atoms with Gasteiger partial charge < -0.3 is 19.5 Å². The molecule has 3 aromatic rings. The lowest BCUT2D eigenvalue weighted by Gasteiger charge is -2.18. The van der Waals surface area contributed by atoms with Crippen LogP contribution >= 0.6 is 0 Å². The molecule has 3 aromatic carbocycles. The Bertz CT molecular complexity index is 1410. The summed E-state index contributed by atoms with van der Waals surface area (Å²) in [6.45, 7) is 6.17. The fraction of sp³-hybridized carbons (Fsp3) is 0.333. The number of benzene rings is 3. The molecule has 0 aliphatic heterocycles. The number of Topliss-reactive ketones (excluding diaryl/α,β-unsaturated/α-hetero) is 1. The van der Waals surface area contributed by atoms with E-state index in [-0.39, 0.29) is 34.6 Å². The van der Waals surface area contributed by atoms with E-state index in [1.54, 1.807) is 25.3 Å². The van der Waals surface area contributed by atoms with Crippen LogP contribution in [0.1, 0.15) is 37.6 Å². The van der Waals surface area contributed by atoms with E-state index >= 15 is 0 Å². The lowest BCUT2D eigenvalue weighted by Crippen LogP contribution is -2.27. The third-order valence-corrected chi connectivity index (χ3v) is 7.39. The Balaban J connectivity index is 1.97. The lowest BCUT2D eigenvalue weighted by atomic mass is 9.90. The van der Waals surface area contributed by atoms with Crippen LogP contribution in [0.15, 0.2) is 71.6 Å². The van der Waals surface area contributed by atoms with Gasteiger partial charge in [0.1, 0.15) is 33.7 Å². The van der Waals surface area contributed by atoms with Crippen molar-refractivity contribution in [3.63, 3.8) is 0 Å². The van der Waals surface area contributed by atoms with Gasteiger partial charge >= 0.3 is 0 Å². The Morgan fingerprint density at radius 2 is 1.59 bits per heavy atom. The maximum atomic E-state index is 13.5. The van der Waals surface area contributed by atoms with E-state index in [0.717, 1.165) is 16.9 Å². The molecule has 1 N–H and O–H groups in total. The zero-order valence-electron chi connectivity index (χ0n) is 22.9. The molecule has 0 aromatic heterocycles. The number of rotatable bonds is 12. The summed E-state index contributed by atoms with van der Waals surface area (Å²) in [6, 6.07) is 18.9. The van der Waals surface area contributed by atoms with Gasteiger partial charge in [-0.3, -0.25) is 9.59 Å². The molecule has 0 fully saturated rings. The largest absolute Gasteiger partial charge is 0.497 e. The zero-order valence-corrected chi connectivity index (χ0v) is 23.8. The van der Waals surface area contributed by atoms with Crippen LogP contribution < -0.4 is 14.8 Å². The molecule has 208 valence electrons. The predicted molar refractivity (Wildman–Crippen MR) is 150 cm³/mol. The second-order valence-electron chi connectivity index (χ2n) is 10.3. The van der Waals surface area contributed by atoms with Gasteiger partial charge in [-0.05, 0) is 59.0 Å². The van der Waals surface area contributed by atoms with Crippen molar-refractivity contribution >= 4 is 21.5 Å². The monoisotopic (exact) mass is 553 g/mol. The summed E-state index contributed by atoms with van der Waals surface area (Å²) in [5.41, 5.74) is 1.54. The van der Waals surface area contributed by atoms with Gasteiger partial charge in [0.2, 0.25) is 0 Å². The minimum absolute atomic E-state index is 0.0267. The molecule has 0 saturated carbocycles. The molecule has 0 spiro atoms. The lowest BCUT2D eigenvalue weighted by molar-refractivity contribution is -0.118. The Hall–Kier alpha value is -3.69. The highest BCUT2D eigenvalue weighted by molar-refractivity contribution is 7.92. The molecular weight excluding hydrogens is 518 g/mol. The van der Waals surface area contributed by atoms with E-state index in [9.17, 15) is 18.0 Å². The predicted octanol–water partition coefficient (Wildman–Crippen LogP) is 5.31. The molecule has 9 heteroatoms. The number of ketones is 1. The number of amides is 1. The van der Waals surface area contributed by atoms with E-state index in [1.165, 1.54) is 25.3 Å². The highest BCUT2D eigenvalue weighted by Crippen LogP contribution is 2.33. The van der Waals surface area contributed by atoms with Crippen LogP contribution in [0, 0.1) is 5.41 Å². The van der Waals surface area contributed by atoms with Crippen molar-refractivity contribution in [3.05, 3.63) is 72.3 Å². The van der Waals surface area contributed by atoms with Crippen LogP contribution in [0.25, 0.3) is 11.1 Å². The highest BCUT2D eigenvalue weighted by atomic mass is 32.2. The van der Waals surface area contributed by atoms with Gasteiger partial charge in [-0.2, -0.15) is 0 Å². The van der Waals surface area contributed by atoms with E-state index in [0.29, 0.717) is 12.4 Å². The molecule has 0 aliphatic rings. The molecule has 0 saturated heterocycles. The van der Waals surface area contributed by atoms with Crippen molar-refractivity contribution in [1.29, 1.82) is 0 Å². The minimum atomic E-state index is -4.13. The van der Waals surface area contributed by atoms with Gasteiger partial charge in [0.15, 0.2) is 9.84 Å². The molecule has 1 amide bonds. The van der Waals surface area contributed by atoms with Crippen LogP contribution in [0.4, 0.5) is 0 Å². The second kappa shape index (κ2) is 12.9. The normalized spacial score (nSPS) is 11.6. The molecule has 0 bridgehead atoms. The Morgan fingerprint density at radius 3 is 2.23 bits per heavy atom. The average molecular weight is 554 g/mol. The van der Waals surface area contributed by atoms with Crippen LogP contribution in [0.2, 0.25) is 0 Å². The number of carbonyl (C=O) groups excluding carboxylic acids is 2. The van der Waals surface area contributed by atoms with Gasteiger partial charge in [-0.25, -0.2) is 8.42 Å². The molecule has 0 aliphatic carbocycles. The third kappa shape index (κ3) is 8.66. The standard InChI is InChI=1S/C30H35NO7S/c1-30(2,3)19-24(32)20-39(34,35)28-18-23(29(33)31-15-16-36-4)11-14-27(28)38-26-8-6-7-22(17-26)21-9-12-25(37-5)13-10-21/h6-14,17-18H,15-16,19-20H2,1-5H3,(H,31,33). The Kier molecular flexibility index (Phi) is 9.88. The van der Waals surface area contributed by atoms with E-state index in [4.69, 9.17) is 14.2 Å². The first-order valence-electron chi connectivity index (χ1n) is 12.5. The summed E-state index contributed by atoms with van der Waals surface area (Å²) >= 11 is 0. The Morgan fingerprint density at radius 1 is 0.872 bits per heavy atom. The van der Waals surface area contributed by atoms with E-state index in [2.05, 4.69) is 5.32 Å². The van der Waals surface area contributed by atoms with Gasteiger partial charge in [0.25, 0.3) is 5.91 Å². The zero-order chi connectivity index (χ0) is 28.6. The summed E-state index contributed by atoms with van der Waals surface area (Å²) in [5, 5.41) is 2.68. The smallest absolute Gasteiger partial charge is 0.251 e. The molecule has 8 nitrogen and oxygen atoms in total. The quantitative estimate of drug-likeness (QED) is 0.303. The fourth-order valence-electron chi connectivity index (χ4n) is 3.93. The highest BCUT2D eigenvalue weighted by Gasteiger charge is 2.27. The molecule has 0 unspecified atom stereocenters. The van der Waals surface area contributed by atoms with Gasteiger partial charge in [-0.15, -0.1) is 0 Å². The summed E-state index contributed by atoms with van der Waals surface area (Å²) < 4.78 is 43.1. The van der Waals surface area contributed by atoms with Crippen LogP contribution in [-0.2, 0) is 19.4 Å². The summed E-state index contributed by atoms with van der Waals surface area (Å²) in [4.78, 5) is 25.1. The van der Waals surface area contributed by atoms with Crippen LogP contribution in [0.5, 0.6) is 17.2 Å². The average Bonchev–Trinajstić information content (AvgIpc) is 2.87. The molecule has 3 rings (SSSR count). The number of hydrogen-bond donors (Lipinski definition) is 1. The van der Waals surface area contributed by atoms with Crippen LogP contribution in [0.3, 0.4) is 0 Å². The van der Waals surface area contributed by atoms with Crippen LogP contribution in [-0.4, -0.2) is 53.2 Å². The number of hydrogen-bond acceptors (Lipinski definition) is 7. The first-order valence-corrected chi connectivity index (χ1v) is 14.1. The Labute approximate surface area is 230 Å².